The van der Waals surface area contributed by atoms with E-state index in [0.29, 0.717) is 38.4 Å². The van der Waals surface area contributed by atoms with Crippen molar-refractivity contribution in [2.75, 3.05) is 60.4 Å². The highest BCUT2D eigenvalue weighted by molar-refractivity contribution is 5.91. The molecule has 1 aliphatic heterocycles. The monoisotopic (exact) mass is 742 g/mol. The molecule has 4 amide bonds. The van der Waals surface area contributed by atoms with E-state index in [4.69, 9.17) is 18.9 Å². The normalized spacial score (nSPS) is 18.5. The molecule has 1 aliphatic carbocycles. The number of cyclic esters (lactones) is 1. The first-order valence-corrected chi connectivity index (χ1v) is 18.8. The molecule has 15 nitrogen and oxygen atoms in total. The summed E-state index contributed by atoms with van der Waals surface area (Å²) in [4.78, 5) is 64.3. The zero-order valence-corrected chi connectivity index (χ0v) is 31.4. The van der Waals surface area contributed by atoms with Crippen LogP contribution >= 0.6 is 0 Å². The Morgan fingerprint density at radius 1 is 1.06 bits per heavy atom. The molecule has 0 spiro atoms. The molecule has 0 bridgehead atoms. The molecule has 1 aromatic carbocycles. The maximum atomic E-state index is 14.2. The summed E-state index contributed by atoms with van der Waals surface area (Å²) in [6.07, 6.45) is 6.71. The molecule has 0 unspecified atom stereocenters. The molecule has 0 radical (unpaired) electrons. The quantitative estimate of drug-likeness (QED) is 0.0975. The third-order valence-corrected chi connectivity index (χ3v) is 10.0. The number of nitrogens with zero attached hydrogens (tertiary/aromatic N) is 3. The molecule has 2 heterocycles. The Kier molecular flexibility index (Phi) is 17.5. The number of rotatable bonds is 23. The summed E-state index contributed by atoms with van der Waals surface area (Å²) in [5.74, 6) is -1.69. The fraction of sp³-hybridized carbons (Fsp3) is 0.658. The Bertz CT molecular complexity index is 1390. The number of methoxy groups -OCH3 is 1. The lowest BCUT2D eigenvalue weighted by atomic mass is 9.83. The topological polar surface area (TPSA) is 185 Å². The standard InChI is InChI=1S/C38H58N6O9/c1-4-44-24-33(53-38(44)49)35(46)31(20-28-13-9-6-10-14-28)41-37(48)32(22-30-23-39-25-40-30)42-36(47)29(19-27-11-7-5-8-12-27)21-34(45)43(2)15-16-51-26-52-18-17-50-3/h5,7-8,11-12,23,25,28-29,31-33,35,46H,4,6,9-10,13-22,24,26H2,1-3H3,(H,39,40)(H,41,48)(H,42,47)/t29-,31-,32-,33-,35+/m0/s1. The highest BCUT2D eigenvalue weighted by Gasteiger charge is 2.41. The van der Waals surface area contributed by atoms with Gasteiger partial charge in [0, 0.05) is 52.0 Å². The van der Waals surface area contributed by atoms with E-state index in [0.717, 1.165) is 37.7 Å². The average Bonchev–Trinajstić information content (AvgIpc) is 3.83. The van der Waals surface area contributed by atoms with E-state index in [1.807, 2.05) is 37.3 Å². The number of aliphatic hydroxyl groups is 1. The van der Waals surface area contributed by atoms with Crippen LogP contribution in [0.25, 0.3) is 0 Å². The summed E-state index contributed by atoms with van der Waals surface area (Å²) in [5.41, 5.74) is 1.50. The van der Waals surface area contributed by atoms with Gasteiger partial charge in [0.1, 0.15) is 25.0 Å². The fourth-order valence-corrected chi connectivity index (χ4v) is 6.86. The first kappa shape index (κ1) is 41.7. The Hall–Kier alpha value is -4.05. The summed E-state index contributed by atoms with van der Waals surface area (Å²) in [7, 11) is 3.24. The molecule has 2 aliphatic rings. The second kappa shape index (κ2) is 22.2. The number of carbonyl (C=O) groups excluding carboxylic acids is 4. The van der Waals surface area contributed by atoms with E-state index in [-0.39, 0.29) is 51.0 Å². The van der Waals surface area contributed by atoms with Gasteiger partial charge in [-0.2, -0.15) is 0 Å². The number of aromatic nitrogens is 2. The lowest BCUT2D eigenvalue weighted by Crippen LogP contribution is -2.57. The van der Waals surface area contributed by atoms with E-state index < -0.39 is 48.1 Å². The third-order valence-electron chi connectivity index (χ3n) is 10.0. The first-order valence-electron chi connectivity index (χ1n) is 18.8. The van der Waals surface area contributed by atoms with Crippen molar-refractivity contribution in [3.63, 3.8) is 0 Å². The number of hydrogen-bond acceptors (Lipinski definition) is 10. The van der Waals surface area contributed by atoms with Gasteiger partial charge in [-0.3, -0.25) is 14.4 Å². The Morgan fingerprint density at radius 2 is 1.81 bits per heavy atom. The molecule has 1 aromatic heterocycles. The second-order valence-corrected chi connectivity index (χ2v) is 14.0. The highest BCUT2D eigenvalue weighted by Crippen LogP contribution is 2.29. The van der Waals surface area contributed by atoms with Crippen LogP contribution in [0.3, 0.4) is 0 Å². The van der Waals surface area contributed by atoms with Gasteiger partial charge in [0.15, 0.2) is 0 Å². The predicted octanol–water partition coefficient (Wildman–Crippen LogP) is 2.44. The van der Waals surface area contributed by atoms with Gasteiger partial charge < -0.3 is 49.5 Å². The molecule has 294 valence electrons. The fourth-order valence-electron chi connectivity index (χ4n) is 6.86. The molecule has 53 heavy (non-hydrogen) atoms. The molecule has 5 atom stereocenters. The molecule has 1 saturated heterocycles. The number of ether oxygens (including phenoxy) is 4. The van der Waals surface area contributed by atoms with Crippen molar-refractivity contribution >= 4 is 23.8 Å². The van der Waals surface area contributed by atoms with Crippen molar-refractivity contribution in [2.45, 2.75) is 89.0 Å². The molecule has 4 rings (SSSR count). The largest absolute Gasteiger partial charge is 0.441 e. The van der Waals surface area contributed by atoms with E-state index in [9.17, 15) is 24.3 Å². The minimum atomic E-state index is -1.15. The van der Waals surface area contributed by atoms with E-state index in [1.165, 1.54) is 16.1 Å². The summed E-state index contributed by atoms with van der Waals surface area (Å²) in [5, 5.41) is 17.6. The van der Waals surface area contributed by atoms with Crippen molar-refractivity contribution in [3.05, 3.63) is 54.1 Å². The van der Waals surface area contributed by atoms with Crippen LogP contribution in [0.5, 0.6) is 0 Å². The van der Waals surface area contributed by atoms with Gasteiger partial charge in [0.25, 0.3) is 0 Å². The predicted molar refractivity (Wildman–Crippen MR) is 195 cm³/mol. The van der Waals surface area contributed by atoms with Crippen LogP contribution in [0.4, 0.5) is 4.79 Å². The number of likely N-dealkylation sites (N-methyl/N-ethyl adjacent to an activating group) is 2. The van der Waals surface area contributed by atoms with Crippen LogP contribution in [0.15, 0.2) is 42.9 Å². The Morgan fingerprint density at radius 3 is 2.49 bits per heavy atom. The summed E-state index contributed by atoms with van der Waals surface area (Å²) in [6.45, 7) is 3.99. The van der Waals surface area contributed by atoms with E-state index >= 15 is 0 Å². The van der Waals surface area contributed by atoms with Crippen LogP contribution in [-0.2, 0) is 46.2 Å². The van der Waals surface area contributed by atoms with Gasteiger partial charge in [-0.25, -0.2) is 9.78 Å². The van der Waals surface area contributed by atoms with Crippen molar-refractivity contribution in [1.29, 1.82) is 0 Å². The number of nitrogens with one attached hydrogen (secondary N) is 3. The lowest BCUT2D eigenvalue weighted by Gasteiger charge is -2.33. The summed E-state index contributed by atoms with van der Waals surface area (Å²) in [6, 6.07) is 7.65. The van der Waals surface area contributed by atoms with Crippen LogP contribution in [-0.4, -0.2) is 133 Å². The minimum absolute atomic E-state index is 0.0751. The minimum Gasteiger partial charge on any atom is -0.441 e. The van der Waals surface area contributed by atoms with Crippen molar-refractivity contribution in [1.82, 2.24) is 30.4 Å². The maximum Gasteiger partial charge on any atom is 0.410 e. The smallest absolute Gasteiger partial charge is 0.410 e. The number of carbonyl (C=O) groups is 4. The van der Waals surface area contributed by atoms with Crippen LogP contribution < -0.4 is 10.6 Å². The summed E-state index contributed by atoms with van der Waals surface area (Å²) >= 11 is 0. The number of benzene rings is 1. The van der Waals surface area contributed by atoms with Gasteiger partial charge in [0.2, 0.25) is 17.7 Å². The van der Waals surface area contributed by atoms with E-state index in [2.05, 4.69) is 20.6 Å². The molecule has 15 heteroatoms. The molecule has 2 fully saturated rings. The van der Waals surface area contributed by atoms with Crippen LogP contribution in [0, 0.1) is 11.8 Å². The van der Waals surface area contributed by atoms with Gasteiger partial charge in [0.05, 0.1) is 44.7 Å². The zero-order chi connectivity index (χ0) is 38.0. The molecule has 1 saturated carbocycles. The molecule has 4 N–H and O–H groups in total. The number of H-pyrrole nitrogens is 1. The van der Waals surface area contributed by atoms with Gasteiger partial charge in [-0.15, -0.1) is 0 Å². The van der Waals surface area contributed by atoms with Crippen molar-refractivity contribution < 1.29 is 43.2 Å². The SMILES string of the molecule is CCN1C[C@@H]([C@H](O)[C@H](CC2CCCCC2)NC(=O)[C@H](Cc2cnc[nH]2)NC(=O)[C@H](CC(=O)N(C)CCOCOCCOC)Cc2ccccc2)OC1=O. The first-order chi connectivity index (χ1) is 25.7. The summed E-state index contributed by atoms with van der Waals surface area (Å²) < 4.78 is 21.3. The average molecular weight is 743 g/mol. The van der Waals surface area contributed by atoms with Crippen molar-refractivity contribution in [2.24, 2.45) is 11.8 Å². The Labute approximate surface area is 312 Å². The third kappa shape index (κ3) is 13.7. The van der Waals surface area contributed by atoms with Crippen molar-refractivity contribution in [3.8, 4) is 0 Å². The second-order valence-electron chi connectivity index (χ2n) is 14.0. The van der Waals surface area contributed by atoms with Gasteiger partial charge in [-0.05, 0) is 31.2 Å². The molecular formula is C38H58N6O9. The molecule has 2 aromatic rings. The highest BCUT2D eigenvalue weighted by atomic mass is 16.7. The number of amides is 4. The number of aliphatic hydroxyl groups excluding tert-OH is 1. The van der Waals surface area contributed by atoms with E-state index in [1.54, 1.807) is 20.4 Å². The lowest BCUT2D eigenvalue weighted by molar-refractivity contribution is -0.137. The maximum absolute atomic E-state index is 14.2. The molecular weight excluding hydrogens is 684 g/mol. The zero-order valence-electron chi connectivity index (χ0n) is 31.4. The number of imidazole rings is 1. The Balaban J connectivity index is 1.48. The van der Waals surface area contributed by atoms with Gasteiger partial charge in [-0.1, -0.05) is 62.4 Å². The van der Waals surface area contributed by atoms with Gasteiger partial charge >= 0.3 is 6.09 Å². The number of aromatic amines is 1. The van der Waals surface area contributed by atoms with Crippen LogP contribution in [0.1, 0.15) is 63.1 Å². The van der Waals surface area contributed by atoms with Crippen LogP contribution in [0.2, 0.25) is 0 Å². The number of hydrogen-bond donors (Lipinski definition) is 4.